The van der Waals surface area contributed by atoms with Crippen molar-refractivity contribution in [3.8, 4) is 0 Å². The minimum absolute atomic E-state index is 0.682. The molecule has 2 atom stereocenters. The lowest BCUT2D eigenvalue weighted by Crippen LogP contribution is -2.19. The van der Waals surface area contributed by atoms with Gasteiger partial charge in [-0.1, -0.05) is 18.5 Å². The maximum atomic E-state index is 6.13. The summed E-state index contributed by atoms with van der Waals surface area (Å²) in [7, 11) is 1.94. The van der Waals surface area contributed by atoms with Crippen LogP contribution >= 0.6 is 11.6 Å². The molecule has 14 heavy (non-hydrogen) atoms. The Kier molecular flexibility index (Phi) is 2.54. The fourth-order valence-electron chi connectivity index (χ4n) is 1.71. The van der Waals surface area contributed by atoms with Gasteiger partial charge in [0.15, 0.2) is 0 Å². The molecule has 1 aromatic rings. The van der Waals surface area contributed by atoms with Crippen LogP contribution in [0.2, 0.25) is 5.02 Å². The van der Waals surface area contributed by atoms with Crippen LogP contribution in [0.25, 0.3) is 0 Å². The molecule has 0 radical (unpaired) electrons. The van der Waals surface area contributed by atoms with E-state index in [2.05, 4.69) is 17.3 Å². The van der Waals surface area contributed by atoms with Crippen molar-refractivity contribution in [2.75, 3.05) is 0 Å². The van der Waals surface area contributed by atoms with Gasteiger partial charge in [-0.3, -0.25) is 4.68 Å². The number of hydrogen-bond acceptors (Lipinski definition) is 2. The second-order valence-electron chi connectivity index (χ2n) is 4.17. The van der Waals surface area contributed by atoms with Crippen LogP contribution in [0.5, 0.6) is 0 Å². The van der Waals surface area contributed by atoms with Gasteiger partial charge in [0.2, 0.25) is 0 Å². The van der Waals surface area contributed by atoms with Gasteiger partial charge in [0.1, 0.15) is 0 Å². The van der Waals surface area contributed by atoms with Crippen molar-refractivity contribution in [1.82, 2.24) is 15.1 Å². The first kappa shape index (κ1) is 9.99. The molecule has 0 spiro atoms. The third-order valence-electron chi connectivity index (χ3n) is 2.90. The van der Waals surface area contributed by atoms with E-state index in [0.717, 1.165) is 28.9 Å². The highest BCUT2D eigenvalue weighted by molar-refractivity contribution is 6.31. The molecule has 4 heteroatoms. The quantitative estimate of drug-likeness (QED) is 0.831. The fourth-order valence-corrected chi connectivity index (χ4v) is 1.93. The molecule has 1 fully saturated rings. The number of hydrogen-bond donors (Lipinski definition) is 1. The van der Waals surface area contributed by atoms with Gasteiger partial charge in [0, 0.05) is 19.6 Å². The lowest BCUT2D eigenvalue weighted by atomic mass is 10.3. The summed E-state index contributed by atoms with van der Waals surface area (Å²) in [6, 6.07) is 0.682. The van der Waals surface area contributed by atoms with E-state index >= 15 is 0 Å². The molecule has 1 heterocycles. The lowest BCUT2D eigenvalue weighted by Gasteiger charge is -2.04. The van der Waals surface area contributed by atoms with Crippen molar-refractivity contribution in [3.63, 3.8) is 0 Å². The van der Waals surface area contributed by atoms with Crippen molar-refractivity contribution < 1.29 is 0 Å². The topological polar surface area (TPSA) is 29.9 Å². The van der Waals surface area contributed by atoms with Crippen molar-refractivity contribution >= 4 is 11.6 Å². The maximum absolute atomic E-state index is 6.13. The Bertz CT molecular complexity index is 345. The van der Waals surface area contributed by atoms with Crippen molar-refractivity contribution in [3.05, 3.63) is 16.4 Å². The van der Waals surface area contributed by atoms with E-state index in [1.807, 2.05) is 18.7 Å². The highest BCUT2D eigenvalue weighted by Gasteiger charge is 2.32. The summed E-state index contributed by atoms with van der Waals surface area (Å²) in [6.07, 6.45) is 1.29. The number of aromatic nitrogens is 2. The first-order chi connectivity index (χ1) is 6.59. The molecule has 0 amide bonds. The van der Waals surface area contributed by atoms with E-state index in [9.17, 15) is 0 Å². The number of rotatable bonds is 3. The first-order valence-electron chi connectivity index (χ1n) is 5.01. The Labute approximate surface area is 89.4 Å². The average molecular weight is 214 g/mol. The fraction of sp³-hybridized carbons (Fsp3) is 0.700. The molecule has 3 nitrogen and oxygen atoms in total. The smallest absolute Gasteiger partial charge is 0.0860 e. The maximum Gasteiger partial charge on any atom is 0.0860 e. The zero-order valence-electron chi connectivity index (χ0n) is 8.84. The van der Waals surface area contributed by atoms with E-state index in [1.54, 1.807) is 0 Å². The number of aryl methyl sites for hydroxylation is 2. The van der Waals surface area contributed by atoms with Crippen LogP contribution in [0.1, 0.15) is 24.7 Å². The summed E-state index contributed by atoms with van der Waals surface area (Å²) >= 11 is 6.13. The molecule has 78 valence electrons. The zero-order chi connectivity index (χ0) is 10.3. The number of nitrogens with zero attached hydrogens (tertiary/aromatic N) is 2. The molecule has 0 saturated heterocycles. The van der Waals surface area contributed by atoms with Gasteiger partial charge in [-0.05, 0) is 19.3 Å². The Balaban J connectivity index is 2.01. The molecule has 2 rings (SSSR count). The highest BCUT2D eigenvalue weighted by Crippen LogP contribution is 2.29. The van der Waals surface area contributed by atoms with E-state index < -0.39 is 0 Å². The van der Waals surface area contributed by atoms with Gasteiger partial charge in [0.05, 0.1) is 16.4 Å². The van der Waals surface area contributed by atoms with Gasteiger partial charge in [-0.2, -0.15) is 5.10 Å². The summed E-state index contributed by atoms with van der Waals surface area (Å²) < 4.78 is 1.86. The zero-order valence-corrected chi connectivity index (χ0v) is 9.60. The van der Waals surface area contributed by atoms with Crippen molar-refractivity contribution in [2.24, 2.45) is 13.0 Å². The second kappa shape index (κ2) is 3.55. The summed E-state index contributed by atoms with van der Waals surface area (Å²) in [5.41, 5.74) is 2.00. The third kappa shape index (κ3) is 1.79. The molecule has 0 bridgehead atoms. The van der Waals surface area contributed by atoms with Crippen LogP contribution in [0.3, 0.4) is 0 Å². The number of halogens is 1. The van der Waals surface area contributed by atoms with E-state index in [1.165, 1.54) is 6.42 Å². The minimum Gasteiger partial charge on any atom is -0.308 e. The highest BCUT2D eigenvalue weighted by atomic mass is 35.5. The summed E-state index contributed by atoms with van der Waals surface area (Å²) in [4.78, 5) is 0. The Morgan fingerprint density at radius 2 is 2.29 bits per heavy atom. The van der Waals surface area contributed by atoms with Crippen LogP contribution in [0.15, 0.2) is 0 Å². The monoisotopic (exact) mass is 213 g/mol. The Morgan fingerprint density at radius 3 is 2.71 bits per heavy atom. The van der Waals surface area contributed by atoms with Crippen LogP contribution in [-0.2, 0) is 13.6 Å². The second-order valence-corrected chi connectivity index (χ2v) is 4.55. The van der Waals surface area contributed by atoms with E-state index in [4.69, 9.17) is 11.6 Å². The van der Waals surface area contributed by atoms with Crippen LogP contribution < -0.4 is 5.32 Å². The Morgan fingerprint density at radius 1 is 1.64 bits per heavy atom. The predicted octanol–water partition coefficient (Wildman–Crippen LogP) is 1.88. The lowest BCUT2D eigenvalue weighted by molar-refractivity contribution is 0.604. The average Bonchev–Trinajstić information content (AvgIpc) is 2.75. The van der Waals surface area contributed by atoms with E-state index in [0.29, 0.717) is 6.04 Å². The molecule has 1 aliphatic carbocycles. The predicted molar refractivity (Wildman–Crippen MR) is 57.4 cm³/mol. The number of nitrogens with one attached hydrogen (secondary N) is 1. The molecule has 2 unspecified atom stereocenters. The molecular weight excluding hydrogens is 198 g/mol. The van der Waals surface area contributed by atoms with Crippen LogP contribution in [0, 0.1) is 12.8 Å². The van der Waals surface area contributed by atoms with Gasteiger partial charge in [-0.25, -0.2) is 0 Å². The SMILES string of the molecule is Cc1nn(C)c(CNC2CC2C)c1Cl. The molecular formula is C10H16ClN3. The molecule has 1 N–H and O–H groups in total. The first-order valence-corrected chi connectivity index (χ1v) is 5.38. The van der Waals surface area contributed by atoms with E-state index in [-0.39, 0.29) is 0 Å². The van der Waals surface area contributed by atoms with Gasteiger partial charge in [0.25, 0.3) is 0 Å². The standard InChI is InChI=1S/C10H16ClN3/c1-6-4-8(6)12-5-9-10(11)7(2)13-14(9)3/h6,8,12H,4-5H2,1-3H3. The largest absolute Gasteiger partial charge is 0.308 e. The Hall–Kier alpha value is -0.540. The van der Waals surface area contributed by atoms with Crippen molar-refractivity contribution in [2.45, 2.75) is 32.9 Å². The summed E-state index contributed by atoms with van der Waals surface area (Å²) in [6.45, 7) is 5.02. The molecule has 1 saturated carbocycles. The summed E-state index contributed by atoms with van der Waals surface area (Å²) in [5, 5.41) is 8.54. The van der Waals surface area contributed by atoms with Crippen LogP contribution in [0.4, 0.5) is 0 Å². The van der Waals surface area contributed by atoms with Gasteiger partial charge in [-0.15, -0.1) is 0 Å². The summed E-state index contributed by atoms with van der Waals surface area (Å²) in [5.74, 6) is 0.822. The minimum atomic E-state index is 0.682. The molecule has 1 aliphatic rings. The van der Waals surface area contributed by atoms with Gasteiger partial charge < -0.3 is 5.32 Å². The molecule has 0 aromatic carbocycles. The third-order valence-corrected chi connectivity index (χ3v) is 3.39. The van der Waals surface area contributed by atoms with Gasteiger partial charge >= 0.3 is 0 Å². The molecule has 1 aromatic heterocycles. The van der Waals surface area contributed by atoms with Crippen molar-refractivity contribution in [1.29, 1.82) is 0 Å². The molecule has 0 aliphatic heterocycles. The van der Waals surface area contributed by atoms with Crippen LogP contribution in [-0.4, -0.2) is 15.8 Å². The normalized spacial score (nSPS) is 25.4.